The van der Waals surface area contributed by atoms with Gasteiger partial charge in [0.1, 0.15) is 5.82 Å². The third-order valence-electron chi connectivity index (χ3n) is 4.47. The van der Waals surface area contributed by atoms with Crippen LogP contribution in [-0.4, -0.2) is 29.2 Å². The van der Waals surface area contributed by atoms with Crippen molar-refractivity contribution in [2.75, 3.05) is 5.75 Å². The molecule has 0 bridgehead atoms. The first kappa shape index (κ1) is 19.7. The largest absolute Gasteiger partial charge is 0.491 e. The lowest BCUT2D eigenvalue weighted by Gasteiger charge is -2.32. The normalized spacial score (nSPS) is 18.9. The number of carbonyl (C=O) groups excluding carboxylic acids is 1. The number of hydrogen-bond donors (Lipinski definition) is 0. The first-order valence-corrected chi connectivity index (χ1v) is 8.93. The van der Waals surface area contributed by atoms with E-state index in [1.54, 1.807) is 6.08 Å². The summed E-state index contributed by atoms with van der Waals surface area (Å²) in [5.74, 6) is -0.0918. The number of halogens is 1. The van der Waals surface area contributed by atoms with Crippen LogP contribution in [0.5, 0.6) is 0 Å². The molecular weight excluding hydrogens is 340 g/mol. The number of rotatable bonds is 4. The van der Waals surface area contributed by atoms with Crippen LogP contribution < -0.4 is 0 Å². The number of thioether (sulfide) groups is 1. The van der Waals surface area contributed by atoms with Crippen LogP contribution >= 0.6 is 11.8 Å². The molecule has 0 atom stereocenters. The van der Waals surface area contributed by atoms with E-state index in [0.717, 1.165) is 11.8 Å². The van der Waals surface area contributed by atoms with E-state index in [-0.39, 0.29) is 5.12 Å². The van der Waals surface area contributed by atoms with E-state index in [9.17, 15) is 14.4 Å². The molecule has 4 nitrogen and oxygen atoms in total. The third kappa shape index (κ3) is 4.52. The minimum Gasteiger partial charge on any atom is -0.400 e. The van der Waals surface area contributed by atoms with Gasteiger partial charge in [-0.2, -0.15) is 5.26 Å². The number of hydrogen-bond acceptors (Lipinski definition) is 5. The molecule has 1 aromatic carbocycles. The van der Waals surface area contributed by atoms with Crippen molar-refractivity contribution in [2.45, 2.75) is 45.8 Å². The van der Waals surface area contributed by atoms with Gasteiger partial charge in [0.15, 0.2) is 5.12 Å². The maximum Gasteiger partial charge on any atom is 0.491 e. The third-order valence-corrected chi connectivity index (χ3v) is 5.36. The summed E-state index contributed by atoms with van der Waals surface area (Å²) in [6.45, 7) is 9.23. The van der Waals surface area contributed by atoms with Gasteiger partial charge in [0.2, 0.25) is 0 Å². The molecule has 7 heteroatoms. The molecule has 0 unspecified atom stereocenters. The monoisotopic (exact) mass is 361 g/mol. The molecule has 1 aliphatic heterocycles. The van der Waals surface area contributed by atoms with Crippen molar-refractivity contribution in [3.63, 3.8) is 0 Å². The van der Waals surface area contributed by atoms with Crippen LogP contribution in [0.25, 0.3) is 6.08 Å². The number of carbonyl (C=O) groups is 1. The van der Waals surface area contributed by atoms with Crippen LogP contribution in [0.3, 0.4) is 0 Å². The summed E-state index contributed by atoms with van der Waals surface area (Å²) >= 11 is 1.12. The fraction of sp³-hybridized carbons (Fsp3) is 0.444. The topological polar surface area (TPSA) is 59.3 Å². The van der Waals surface area contributed by atoms with E-state index in [1.165, 1.54) is 25.1 Å². The summed E-state index contributed by atoms with van der Waals surface area (Å²) in [5, 5.41) is 9.21. The summed E-state index contributed by atoms with van der Waals surface area (Å²) < 4.78 is 25.7. The predicted molar refractivity (Wildman–Crippen MR) is 98.3 cm³/mol. The van der Waals surface area contributed by atoms with Gasteiger partial charge >= 0.3 is 7.12 Å². The zero-order valence-electron chi connectivity index (χ0n) is 15.1. The molecule has 2 rings (SSSR count). The van der Waals surface area contributed by atoms with E-state index >= 15 is 0 Å². The maximum atomic E-state index is 13.6. The van der Waals surface area contributed by atoms with Crippen LogP contribution in [0.4, 0.5) is 4.39 Å². The molecule has 0 radical (unpaired) electrons. The average Bonchev–Trinajstić information content (AvgIpc) is 2.71. The second-order valence-electron chi connectivity index (χ2n) is 6.93. The Labute approximate surface area is 152 Å². The zero-order valence-corrected chi connectivity index (χ0v) is 15.9. The molecular formula is C18H21BFNO3S. The van der Waals surface area contributed by atoms with Gasteiger partial charge in [0.25, 0.3) is 0 Å². The van der Waals surface area contributed by atoms with Crippen LogP contribution in [0.15, 0.2) is 23.7 Å². The molecule has 1 aromatic rings. The Morgan fingerprint density at radius 1 is 1.32 bits per heavy atom. The molecule has 0 N–H and O–H groups in total. The Hall–Kier alpha value is -1.62. The number of benzene rings is 1. The van der Waals surface area contributed by atoms with Crippen molar-refractivity contribution in [1.82, 2.24) is 0 Å². The smallest absolute Gasteiger partial charge is 0.400 e. The second kappa shape index (κ2) is 7.32. The summed E-state index contributed by atoms with van der Waals surface area (Å²) in [7, 11) is -0.660. The van der Waals surface area contributed by atoms with Crippen molar-refractivity contribution in [2.24, 2.45) is 0 Å². The van der Waals surface area contributed by atoms with Gasteiger partial charge in [0.05, 0.1) is 22.8 Å². The number of nitrogens with zero attached hydrogens (tertiary/aromatic N) is 1. The summed E-state index contributed by atoms with van der Waals surface area (Å²) in [6.07, 6.45) is 1.68. The lowest BCUT2D eigenvalue weighted by molar-refractivity contribution is -0.109. The molecule has 1 heterocycles. The Morgan fingerprint density at radius 2 is 1.92 bits per heavy atom. The van der Waals surface area contributed by atoms with E-state index in [0.29, 0.717) is 22.4 Å². The van der Waals surface area contributed by atoms with Gasteiger partial charge in [-0.25, -0.2) is 4.39 Å². The second-order valence-corrected chi connectivity index (χ2v) is 8.08. The molecule has 0 aromatic heterocycles. The van der Waals surface area contributed by atoms with Gasteiger partial charge in [-0.05, 0) is 56.9 Å². The van der Waals surface area contributed by atoms with E-state index in [1.807, 2.05) is 33.8 Å². The van der Waals surface area contributed by atoms with Crippen molar-refractivity contribution >= 4 is 30.1 Å². The van der Waals surface area contributed by atoms with Crippen LogP contribution in [-0.2, 0) is 14.1 Å². The molecule has 25 heavy (non-hydrogen) atoms. The van der Waals surface area contributed by atoms with Gasteiger partial charge in [0, 0.05) is 12.7 Å². The number of nitriles is 1. The Morgan fingerprint density at radius 3 is 2.44 bits per heavy atom. The molecule has 132 valence electrons. The van der Waals surface area contributed by atoms with Crippen molar-refractivity contribution in [3.05, 3.63) is 40.6 Å². The van der Waals surface area contributed by atoms with Gasteiger partial charge < -0.3 is 9.31 Å². The van der Waals surface area contributed by atoms with Crippen molar-refractivity contribution < 1.29 is 18.5 Å². The molecule has 1 saturated heterocycles. The Kier molecular flexibility index (Phi) is 5.77. The standard InChI is InChI=1S/C18H21BFNO3S/c1-12(22)25-11-15(19-23-17(2,3)18(4,5)24-19)8-14-9-16(20)7-6-13(14)10-21/h6-9H,11H2,1-5H3. The SMILES string of the molecule is CC(=O)SCC(=Cc1cc(F)ccc1C#N)B1OC(C)(C)C(C)(C)O1. The van der Waals surface area contributed by atoms with Gasteiger partial charge in [-0.3, -0.25) is 4.79 Å². The highest BCUT2D eigenvalue weighted by Crippen LogP contribution is 2.39. The van der Waals surface area contributed by atoms with Crippen LogP contribution in [0.2, 0.25) is 0 Å². The fourth-order valence-electron chi connectivity index (χ4n) is 2.31. The van der Waals surface area contributed by atoms with E-state index in [2.05, 4.69) is 0 Å². The summed E-state index contributed by atoms with van der Waals surface area (Å²) in [5.41, 5.74) is 0.413. The first-order valence-electron chi connectivity index (χ1n) is 7.95. The van der Waals surface area contributed by atoms with Crippen molar-refractivity contribution in [1.29, 1.82) is 5.26 Å². The van der Waals surface area contributed by atoms with Crippen LogP contribution in [0, 0.1) is 17.1 Å². The van der Waals surface area contributed by atoms with Crippen LogP contribution in [0.1, 0.15) is 45.7 Å². The molecule has 0 spiro atoms. The molecule has 1 fully saturated rings. The predicted octanol–water partition coefficient (Wildman–Crippen LogP) is 3.99. The van der Waals surface area contributed by atoms with Crippen molar-refractivity contribution in [3.8, 4) is 6.07 Å². The average molecular weight is 361 g/mol. The molecule has 0 aliphatic carbocycles. The van der Waals surface area contributed by atoms with Gasteiger partial charge in [-0.15, -0.1) is 0 Å². The first-order chi connectivity index (χ1) is 11.6. The quantitative estimate of drug-likeness (QED) is 0.759. The summed E-state index contributed by atoms with van der Waals surface area (Å²) in [4.78, 5) is 11.4. The van der Waals surface area contributed by atoms with Gasteiger partial charge in [-0.1, -0.05) is 17.8 Å². The van der Waals surface area contributed by atoms with E-state index in [4.69, 9.17) is 9.31 Å². The highest BCUT2D eigenvalue weighted by atomic mass is 32.2. The Bertz CT molecular complexity index is 739. The minimum atomic E-state index is -0.660. The zero-order chi connectivity index (χ0) is 18.8. The lowest BCUT2D eigenvalue weighted by Crippen LogP contribution is -2.41. The molecule has 1 aliphatic rings. The molecule has 0 amide bonds. The highest BCUT2D eigenvalue weighted by Gasteiger charge is 2.52. The van der Waals surface area contributed by atoms with E-state index < -0.39 is 24.1 Å². The Balaban J connectivity index is 2.42. The fourth-order valence-corrected chi connectivity index (χ4v) is 2.90. The lowest BCUT2D eigenvalue weighted by atomic mass is 9.78. The molecule has 0 saturated carbocycles. The summed E-state index contributed by atoms with van der Waals surface area (Å²) in [6, 6.07) is 6.02. The highest BCUT2D eigenvalue weighted by molar-refractivity contribution is 8.13. The maximum absolute atomic E-state index is 13.6. The minimum absolute atomic E-state index is 0.0397.